The van der Waals surface area contributed by atoms with Crippen molar-refractivity contribution in [1.82, 2.24) is 14.8 Å². The number of aryl methyl sites for hydroxylation is 2. The van der Waals surface area contributed by atoms with Gasteiger partial charge in [-0.15, -0.1) is 0 Å². The lowest BCUT2D eigenvalue weighted by molar-refractivity contribution is 0.600. The largest absolute Gasteiger partial charge is 0.388 e. The molecule has 0 radical (unpaired) electrons. The zero-order valence-electron chi connectivity index (χ0n) is 10.9. The number of nitrogens with two attached hydrogens (primary N) is 1. The topological polar surface area (TPSA) is 103 Å². The van der Waals surface area contributed by atoms with Crippen LogP contribution >= 0.6 is 12.2 Å². The minimum Gasteiger partial charge on any atom is -0.388 e. The molecule has 0 spiro atoms. The van der Waals surface area contributed by atoms with E-state index in [9.17, 15) is 8.42 Å². The molecule has 0 aliphatic heterocycles. The van der Waals surface area contributed by atoms with Crippen molar-refractivity contribution < 1.29 is 8.42 Å². The van der Waals surface area contributed by atoms with E-state index in [-0.39, 0.29) is 15.6 Å². The Morgan fingerprint density at radius 3 is 2.75 bits per heavy atom. The number of nitrogens with one attached hydrogen (secondary N) is 1. The molecule has 0 fully saturated rings. The Kier molecular flexibility index (Phi) is 3.73. The third kappa shape index (κ3) is 2.78. The molecule has 0 amide bonds. The highest BCUT2D eigenvalue weighted by Gasteiger charge is 2.22. The molecule has 0 atom stereocenters. The van der Waals surface area contributed by atoms with Crippen molar-refractivity contribution >= 4 is 32.9 Å². The van der Waals surface area contributed by atoms with Crippen molar-refractivity contribution in [1.29, 1.82) is 0 Å². The maximum absolute atomic E-state index is 12.4. The van der Waals surface area contributed by atoms with E-state index in [1.165, 1.54) is 23.0 Å². The van der Waals surface area contributed by atoms with E-state index in [0.29, 0.717) is 11.4 Å². The highest BCUT2D eigenvalue weighted by molar-refractivity contribution is 7.93. The number of hydrogen-bond acceptors (Lipinski definition) is 5. The fourth-order valence-electron chi connectivity index (χ4n) is 1.69. The van der Waals surface area contributed by atoms with Crippen molar-refractivity contribution in [3.63, 3.8) is 0 Å². The molecule has 20 heavy (non-hydrogen) atoms. The molecule has 0 unspecified atom stereocenters. The van der Waals surface area contributed by atoms with Crippen LogP contribution in [-0.2, 0) is 17.1 Å². The first-order chi connectivity index (χ1) is 9.31. The second-order valence-corrected chi connectivity index (χ2v) is 6.21. The summed E-state index contributed by atoms with van der Waals surface area (Å²) >= 11 is 4.82. The van der Waals surface area contributed by atoms with E-state index in [2.05, 4.69) is 14.8 Å². The number of thiocarbonyl (C=S) groups is 1. The first-order valence-corrected chi connectivity index (χ1v) is 7.48. The van der Waals surface area contributed by atoms with Crippen LogP contribution in [0, 0.1) is 6.92 Å². The summed E-state index contributed by atoms with van der Waals surface area (Å²) in [5.41, 5.74) is 6.53. The van der Waals surface area contributed by atoms with Crippen molar-refractivity contribution in [2.24, 2.45) is 12.8 Å². The number of sulfonamides is 1. The van der Waals surface area contributed by atoms with E-state index in [0.717, 1.165) is 0 Å². The fourth-order valence-corrected chi connectivity index (χ4v) is 3.19. The van der Waals surface area contributed by atoms with Crippen LogP contribution < -0.4 is 10.5 Å². The minimum absolute atomic E-state index is 0.0595. The van der Waals surface area contributed by atoms with Gasteiger partial charge in [-0.2, -0.15) is 5.10 Å². The Morgan fingerprint density at radius 2 is 2.20 bits per heavy atom. The average Bonchev–Trinajstić information content (AvgIpc) is 2.67. The third-order valence-electron chi connectivity index (χ3n) is 2.55. The molecule has 0 saturated carbocycles. The van der Waals surface area contributed by atoms with Crippen LogP contribution in [0.3, 0.4) is 0 Å². The molecule has 7 nitrogen and oxygen atoms in total. The number of rotatable bonds is 4. The summed E-state index contributed by atoms with van der Waals surface area (Å²) in [5.74, 6) is 0. The second-order valence-electron chi connectivity index (χ2n) is 4.12. The first kappa shape index (κ1) is 14.4. The zero-order chi connectivity index (χ0) is 14.9. The van der Waals surface area contributed by atoms with Gasteiger partial charge < -0.3 is 5.73 Å². The monoisotopic (exact) mass is 311 g/mol. The maximum Gasteiger partial charge on any atom is 0.264 e. The highest BCUT2D eigenvalue weighted by Crippen LogP contribution is 2.20. The van der Waals surface area contributed by atoms with Crippen molar-refractivity contribution in [2.75, 3.05) is 4.72 Å². The van der Waals surface area contributed by atoms with Crippen LogP contribution in [0.5, 0.6) is 0 Å². The second kappa shape index (κ2) is 5.17. The summed E-state index contributed by atoms with van der Waals surface area (Å²) in [6, 6.07) is 2.90. The molecule has 0 bridgehead atoms. The predicted octanol–water partition coefficient (Wildman–Crippen LogP) is 0.559. The van der Waals surface area contributed by atoms with Crippen molar-refractivity contribution in [3.05, 3.63) is 35.9 Å². The van der Waals surface area contributed by atoms with Crippen LogP contribution in [0.25, 0.3) is 0 Å². The summed E-state index contributed by atoms with van der Waals surface area (Å²) in [6.45, 7) is 1.70. The van der Waals surface area contributed by atoms with Gasteiger partial charge in [0.2, 0.25) is 0 Å². The van der Waals surface area contributed by atoms with Crippen LogP contribution in [0.15, 0.2) is 29.4 Å². The smallest absolute Gasteiger partial charge is 0.264 e. The molecular formula is C11H13N5O2S2. The minimum atomic E-state index is -3.83. The van der Waals surface area contributed by atoms with Gasteiger partial charge in [-0.3, -0.25) is 14.4 Å². The molecule has 2 aromatic rings. The van der Waals surface area contributed by atoms with Gasteiger partial charge in [0.1, 0.15) is 15.6 Å². The summed E-state index contributed by atoms with van der Waals surface area (Å²) in [5, 5.41) is 4.07. The van der Waals surface area contributed by atoms with Crippen molar-refractivity contribution in [2.45, 2.75) is 11.8 Å². The summed E-state index contributed by atoms with van der Waals surface area (Å²) < 4.78 is 28.7. The lowest BCUT2D eigenvalue weighted by Gasteiger charge is -2.09. The van der Waals surface area contributed by atoms with E-state index in [1.807, 2.05) is 0 Å². The van der Waals surface area contributed by atoms with Gasteiger partial charge in [-0.05, 0) is 19.1 Å². The Bertz CT molecular complexity index is 767. The molecule has 2 aromatic heterocycles. The van der Waals surface area contributed by atoms with Crippen LogP contribution in [0.2, 0.25) is 0 Å². The van der Waals surface area contributed by atoms with Gasteiger partial charge in [0.15, 0.2) is 0 Å². The number of hydrogen-bond donors (Lipinski definition) is 2. The predicted molar refractivity (Wildman–Crippen MR) is 78.9 cm³/mol. The van der Waals surface area contributed by atoms with E-state index in [4.69, 9.17) is 18.0 Å². The molecule has 2 heterocycles. The van der Waals surface area contributed by atoms with Crippen LogP contribution in [0.1, 0.15) is 11.4 Å². The Balaban J connectivity index is 2.46. The van der Waals surface area contributed by atoms with E-state index < -0.39 is 10.0 Å². The molecule has 2 rings (SSSR count). The lowest BCUT2D eigenvalue weighted by Crippen LogP contribution is -2.21. The third-order valence-corrected chi connectivity index (χ3v) is 4.14. The van der Waals surface area contributed by atoms with Crippen LogP contribution in [0.4, 0.5) is 5.69 Å². The van der Waals surface area contributed by atoms with E-state index in [1.54, 1.807) is 20.2 Å². The molecule has 0 aliphatic rings. The summed E-state index contributed by atoms with van der Waals surface area (Å²) in [7, 11) is -2.13. The van der Waals surface area contributed by atoms with Gasteiger partial charge >= 0.3 is 0 Å². The Morgan fingerprint density at radius 1 is 1.50 bits per heavy atom. The number of anilines is 1. The SMILES string of the molecule is Cc1nn(C)cc1NS(=O)(=O)c1cccnc1C(N)=S. The average molecular weight is 311 g/mol. The Labute approximate surface area is 121 Å². The first-order valence-electron chi connectivity index (χ1n) is 5.59. The van der Waals surface area contributed by atoms with Gasteiger partial charge in [0.25, 0.3) is 10.0 Å². The molecular weight excluding hydrogens is 298 g/mol. The molecule has 0 aliphatic carbocycles. The number of nitrogens with zero attached hydrogens (tertiary/aromatic N) is 3. The molecule has 106 valence electrons. The van der Waals surface area contributed by atoms with Crippen molar-refractivity contribution in [3.8, 4) is 0 Å². The summed E-state index contributed by atoms with van der Waals surface area (Å²) in [6.07, 6.45) is 3.01. The van der Waals surface area contributed by atoms with Crippen LogP contribution in [-0.4, -0.2) is 28.2 Å². The maximum atomic E-state index is 12.4. The lowest BCUT2D eigenvalue weighted by atomic mass is 10.3. The summed E-state index contributed by atoms with van der Waals surface area (Å²) in [4.78, 5) is 3.77. The molecule has 0 saturated heterocycles. The highest BCUT2D eigenvalue weighted by atomic mass is 32.2. The normalized spacial score (nSPS) is 11.3. The molecule has 3 N–H and O–H groups in total. The van der Waals surface area contributed by atoms with Gasteiger partial charge in [0, 0.05) is 19.4 Å². The number of aromatic nitrogens is 3. The zero-order valence-corrected chi connectivity index (χ0v) is 12.5. The van der Waals surface area contributed by atoms with Gasteiger partial charge in [-0.25, -0.2) is 8.42 Å². The quantitative estimate of drug-likeness (QED) is 0.800. The Hall–Kier alpha value is -2.00. The standard InChI is InChI=1S/C11H13N5O2S2/c1-7-8(6-16(2)14-7)15-20(17,18)9-4-3-5-13-10(9)11(12)19/h3-6,15H,1-2H3,(H2,12,19). The van der Waals surface area contributed by atoms with Gasteiger partial charge in [0.05, 0.1) is 11.4 Å². The molecule has 0 aromatic carbocycles. The van der Waals surface area contributed by atoms with E-state index >= 15 is 0 Å². The number of pyridine rings is 1. The molecule has 9 heteroatoms. The van der Waals surface area contributed by atoms with Gasteiger partial charge in [-0.1, -0.05) is 12.2 Å². The fraction of sp³-hybridized carbons (Fsp3) is 0.182.